The maximum absolute atomic E-state index is 13.3. The fourth-order valence-electron chi connectivity index (χ4n) is 7.66. The summed E-state index contributed by atoms with van der Waals surface area (Å²) in [6, 6.07) is 0. The smallest absolute Gasteiger partial charge is 0.141 e. The normalized spacial score (nSPS) is 48.3. The summed E-state index contributed by atoms with van der Waals surface area (Å²) in [4.78, 5) is 31.6. The SMILES string of the molecule is CC12CCC3C(CC(=O)C4C/C(=N\O[C@H]5CCNC5)CCC43CO)C1CCC2=O. The second-order valence-electron chi connectivity index (χ2n) is 10.5. The van der Waals surface area contributed by atoms with Crippen LogP contribution in [0.25, 0.3) is 0 Å². The molecule has 4 aliphatic carbocycles. The predicted octanol–water partition coefficient (Wildman–Crippen LogP) is 2.48. The first-order valence-electron chi connectivity index (χ1n) is 11.6. The minimum atomic E-state index is -0.332. The molecule has 0 aromatic carbocycles. The number of aliphatic hydroxyl groups excluding tert-OH is 1. The number of nitrogens with one attached hydrogen (secondary N) is 1. The van der Waals surface area contributed by atoms with E-state index in [4.69, 9.17) is 4.84 Å². The maximum Gasteiger partial charge on any atom is 0.141 e. The highest BCUT2D eigenvalue weighted by atomic mass is 16.6. The highest BCUT2D eigenvalue weighted by Crippen LogP contribution is 2.64. The van der Waals surface area contributed by atoms with Crippen molar-refractivity contribution in [2.45, 2.75) is 70.8 Å². The zero-order valence-electron chi connectivity index (χ0n) is 17.5. The molecule has 6 heteroatoms. The van der Waals surface area contributed by atoms with Crippen LogP contribution in [0, 0.1) is 34.5 Å². The molecule has 29 heavy (non-hydrogen) atoms. The fourth-order valence-corrected chi connectivity index (χ4v) is 7.66. The van der Waals surface area contributed by atoms with E-state index < -0.39 is 0 Å². The lowest BCUT2D eigenvalue weighted by molar-refractivity contribution is -0.160. The highest BCUT2D eigenvalue weighted by Gasteiger charge is 2.63. The molecule has 5 fully saturated rings. The van der Waals surface area contributed by atoms with Gasteiger partial charge in [0.05, 0.1) is 5.71 Å². The molecule has 1 aliphatic heterocycles. The summed E-state index contributed by atoms with van der Waals surface area (Å²) in [5.74, 6) is 1.45. The van der Waals surface area contributed by atoms with Crippen molar-refractivity contribution in [1.29, 1.82) is 0 Å². The molecule has 160 valence electrons. The lowest BCUT2D eigenvalue weighted by Crippen LogP contribution is -2.59. The summed E-state index contributed by atoms with van der Waals surface area (Å²) in [5, 5.41) is 18.3. The molecular weight excluding hydrogens is 368 g/mol. The second kappa shape index (κ2) is 7.16. The third-order valence-electron chi connectivity index (χ3n) is 9.36. The summed E-state index contributed by atoms with van der Waals surface area (Å²) in [5.41, 5.74) is 0.408. The first kappa shape index (κ1) is 19.7. The summed E-state index contributed by atoms with van der Waals surface area (Å²) >= 11 is 0. The number of ketones is 2. The highest BCUT2D eigenvalue weighted by molar-refractivity contribution is 5.93. The summed E-state index contributed by atoms with van der Waals surface area (Å²) in [6.07, 6.45) is 7.39. The first-order chi connectivity index (χ1) is 14.0. The molecule has 0 amide bonds. The van der Waals surface area contributed by atoms with E-state index in [1.54, 1.807) is 0 Å². The molecule has 6 unspecified atom stereocenters. The molecule has 4 saturated carbocycles. The van der Waals surface area contributed by atoms with Gasteiger partial charge in [0, 0.05) is 49.2 Å². The van der Waals surface area contributed by atoms with Crippen LogP contribution in [-0.4, -0.2) is 48.2 Å². The van der Waals surface area contributed by atoms with Crippen LogP contribution in [0.15, 0.2) is 5.16 Å². The number of fused-ring (bicyclic) bond motifs is 5. The number of Topliss-reactive ketones (excluding diaryl/α,β-unsaturated/α-hetero) is 2. The number of rotatable bonds is 3. The summed E-state index contributed by atoms with van der Waals surface area (Å²) < 4.78 is 0. The van der Waals surface area contributed by atoms with E-state index in [1.807, 2.05) is 0 Å². The number of hydrogen-bond acceptors (Lipinski definition) is 6. The molecule has 6 nitrogen and oxygen atoms in total. The second-order valence-corrected chi connectivity index (χ2v) is 10.5. The Hall–Kier alpha value is -1.27. The van der Waals surface area contributed by atoms with Crippen molar-refractivity contribution in [2.24, 2.45) is 39.7 Å². The Morgan fingerprint density at radius 3 is 2.76 bits per heavy atom. The van der Waals surface area contributed by atoms with Gasteiger partial charge in [-0.05, 0) is 62.8 Å². The maximum atomic E-state index is 13.3. The predicted molar refractivity (Wildman–Crippen MR) is 108 cm³/mol. The molecule has 7 atom stereocenters. The average molecular weight is 403 g/mol. The number of hydrogen-bond donors (Lipinski definition) is 2. The molecule has 1 saturated heterocycles. The molecule has 0 aromatic heterocycles. The van der Waals surface area contributed by atoms with Gasteiger partial charge in [0.2, 0.25) is 0 Å². The van der Waals surface area contributed by atoms with Crippen LogP contribution in [-0.2, 0) is 14.4 Å². The van der Waals surface area contributed by atoms with Gasteiger partial charge in [-0.3, -0.25) is 9.59 Å². The van der Waals surface area contributed by atoms with Crippen molar-refractivity contribution in [1.82, 2.24) is 5.32 Å². The van der Waals surface area contributed by atoms with Crippen molar-refractivity contribution < 1.29 is 19.5 Å². The van der Waals surface area contributed by atoms with E-state index >= 15 is 0 Å². The van der Waals surface area contributed by atoms with Gasteiger partial charge in [0.1, 0.15) is 17.7 Å². The Balaban J connectivity index is 1.38. The standard InChI is InChI=1S/C23H34N2O4/c1-22-7-5-18-16(17(22)2-3-21(22)28)11-20(27)19-10-14(4-8-23(18,19)13-26)25-29-15-6-9-24-12-15/h15-19,24,26H,2-13H2,1H3/b25-14-/t15-,16?,17?,18?,19?,22?,23?/m0/s1. The Kier molecular flexibility index (Phi) is 4.86. The van der Waals surface area contributed by atoms with Crippen LogP contribution >= 0.6 is 0 Å². The summed E-state index contributed by atoms with van der Waals surface area (Å²) in [6.45, 7) is 4.01. The topological polar surface area (TPSA) is 88.0 Å². The van der Waals surface area contributed by atoms with Crippen molar-refractivity contribution in [3.05, 3.63) is 0 Å². The van der Waals surface area contributed by atoms with Gasteiger partial charge in [0.15, 0.2) is 0 Å². The van der Waals surface area contributed by atoms with Gasteiger partial charge >= 0.3 is 0 Å². The Morgan fingerprint density at radius 1 is 1.14 bits per heavy atom. The molecule has 0 bridgehead atoms. The van der Waals surface area contributed by atoms with E-state index in [0.717, 1.165) is 57.3 Å². The minimum Gasteiger partial charge on any atom is -0.396 e. The van der Waals surface area contributed by atoms with Crippen LogP contribution in [0.2, 0.25) is 0 Å². The number of carbonyl (C=O) groups is 2. The molecule has 5 aliphatic rings. The van der Waals surface area contributed by atoms with Gasteiger partial charge in [-0.25, -0.2) is 0 Å². The van der Waals surface area contributed by atoms with Crippen molar-refractivity contribution >= 4 is 17.3 Å². The van der Waals surface area contributed by atoms with Crippen LogP contribution in [0.1, 0.15) is 64.7 Å². The Labute approximate surface area is 172 Å². The number of nitrogens with zero attached hydrogens (tertiary/aromatic N) is 1. The average Bonchev–Trinajstić information content (AvgIpc) is 3.35. The van der Waals surface area contributed by atoms with Crippen LogP contribution in [0.5, 0.6) is 0 Å². The van der Waals surface area contributed by atoms with E-state index in [9.17, 15) is 14.7 Å². The van der Waals surface area contributed by atoms with Gasteiger partial charge < -0.3 is 15.3 Å². The molecule has 0 aromatic rings. The van der Waals surface area contributed by atoms with E-state index in [-0.39, 0.29) is 41.2 Å². The zero-order chi connectivity index (χ0) is 20.2. The number of aliphatic hydroxyl groups is 1. The van der Waals surface area contributed by atoms with Crippen molar-refractivity contribution in [2.75, 3.05) is 19.7 Å². The number of oxime groups is 1. The van der Waals surface area contributed by atoms with Crippen LogP contribution < -0.4 is 5.32 Å². The molecule has 0 spiro atoms. The monoisotopic (exact) mass is 402 g/mol. The van der Waals surface area contributed by atoms with Crippen LogP contribution in [0.4, 0.5) is 0 Å². The molecule has 1 heterocycles. The summed E-state index contributed by atoms with van der Waals surface area (Å²) in [7, 11) is 0. The first-order valence-corrected chi connectivity index (χ1v) is 11.6. The number of carbonyl (C=O) groups excluding carboxylic acids is 2. The lowest BCUT2D eigenvalue weighted by Gasteiger charge is -2.59. The van der Waals surface area contributed by atoms with Gasteiger partial charge in [-0.2, -0.15) is 0 Å². The molecular formula is C23H34N2O4. The third kappa shape index (κ3) is 2.93. The van der Waals surface area contributed by atoms with Crippen molar-refractivity contribution in [3.8, 4) is 0 Å². The van der Waals surface area contributed by atoms with Crippen molar-refractivity contribution in [3.63, 3.8) is 0 Å². The van der Waals surface area contributed by atoms with Gasteiger partial charge in [0.25, 0.3) is 0 Å². The van der Waals surface area contributed by atoms with E-state index in [1.165, 1.54) is 0 Å². The van der Waals surface area contributed by atoms with Gasteiger partial charge in [-0.15, -0.1) is 0 Å². The molecule has 5 rings (SSSR count). The van der Waals surface area contributed by atoms with E-state index in [0.29, 0.717) is 36.9 Å². The lowest BCUT2D eigenvalue weighted by atomic mass is 9.44. The van der Waals surface area contributed by atoms with E-state index in [2.05, 4.69) is 17.4 Å². The Morgan fingerprint density at radius 2 is 2.00 bits per heavy atom. The largest absolute Gasteiger partial charge is 0.396 e. The van der Waals surface area contributed by atoms with Gasteiger partial charge in [-0.1, -0.05) is 12.1 Å². The quantitative estimate of drug-likeness (QED) is 0.708. The fraction of sp³-hybridized carbons (Fsp3) is 0.870. The molecule has 2 N–H and O–H groups in total. The zero-order valence-corrected chi connectivity index (χ0v) is 17.5. The minimum absolute atomic E-state index is 0.0721. The Bertz CT molecular complexity index is 730. The third-order valence-corrected chi connectivity index (χ3v) is 9.36. The van der Waals surface area contributed by atoms with Crippen LogP contribution in [0.3, 0.4) is 0 Å². The molecule has 0 radical (unpaired) electrons.